The minimum absolute atomic E-state index is 0.312. The second-order valence-corrected chi connectivity index (χ2v) is 6.21. The third-order valence-electron chi connectivity index (χ3n) is 3.09. The van der Waals surface area contributed by atoms with Crippen LogP contribution in [0.5, 0.6) is 0 Å². The Morgan fingerprint density at radius 3 is 2.56 bits per heavy atom. The van der Waals surface area contributed by atoms with Gasteiger partial charge in [0.1, 0.15) is 0 Å². The Hall–Kier alpha value is -0.950. The van der Waals surface area contributed by atoms with Crippen LogP contribution in [-0.2, 0) is 23.3 Å². The van der Waals surface area contributed by atoms with Gasteiger partial charge in [-0.3, -0.25) is 0 Å². The first kappa shape index (κ1) is 13.5. The Bertz CT molecular complexity index is 496. The standard InChI is InChI=1S/C12H19N3O2S/c13-9-11-4-3-5-12(8-11)10-14-18(16,17)15-6-1-2-7-15/h3-5,8,14H,1-2,6-7,9-10,13H2. The zero-order valence-electron chi connectivity index (χ0n) is 10.3. The van der Waals surface area contributed by atoms with Crippen LogP contribution in [0.1, 0.15) is 24.0 Å². The summed E-state index contributed by atoms with van der Waals surface area (Å²) in [7, 11) is -3.33. The van der Waals surface area contributed by atoms with Gasteiger partial charge in [0.2, 0.25) is 0 Å². The molecule has 3 N–H and O–H groups in total. The Balaban J connectivity index is 1.97. The minimum atomic E-state index is -3.33. The molecule has 0 unspecified atom stereocenters. The number of nitrogens with one attached hydrogen (secondary N) is 1. The lowest BCUT2D eigenvalue weighted by atomic mass is 10.1. The highest BCUT2D eigenvalue weighted by atomic mass is 32.2. The molecule has 0 amide bonds. The van der Waals surface area contributed by atoms with Crippen molar-refractivity contribution >= 4 is 10.2 Å². The van der Waals surface area contributed by atoms with Gasteiger partial charge in [-0.15, -0.1) is 0 Å². The molecule has 0 aliphatic carbocycles. The van der Waals surface area contributed by atoms with E-state index in [2.05, 4.69) is 4.72 Å². The minimum Gasteiger partial charge on any atom is -0.326 e. The molecular weight excluding hydrogens is 250 g/mol. The predicted molar refractivity (Wildman–Crippen MR) is 70.9 cm³/mol. The van der Waals surface area contributed by atoms with Crippen molar-refractivity contribution in [1.82, 2.24) is 9.03 Å². The highest BCUT2D eigenvalue weighted by molar-refractivity contribution is 7.87. The van der Waals surface area contributed by atoms with Crippen molar-refractivity contribution in [2.75, 3.05) is 13.1 Å². The molecule has 1 aromatic carbocycles. The van der Waals surface area contributed by atoms with Crippen molar-refractivity contribution in [2.45, 2.75) is 25.9 Å². The molecule has 1 heterocycles. The number of hydrogen-bond acceptors (Lipinski definition) is 3. The van der Waals surface area contributed by atoms with Crippen molar-refractivity contribution in [2.24, 2.45) is 5.73 Å². The monoisotopic (exact) mass is 269 g/mol. The van der Waals surface area contributed by atoms with Gasteiger partial charge in [-0.25, -0.2) is 0 Å². The lowest BCUT2D eigenvalue weighted by Gasteiger charge is -2.16. The second kappa shape index (κ2) is 5.79. The molecule has 1 fully saturated rings. The van der Waals surface area contributed by atoms with E-state index in [0.29, 0.717) is 26.2 Å². The van der Waals surface area contributed by atoms with Gasteiger partial charge < -0.3 is 5.73 Å². The summed E-state index contributed by atoms with van der Waals surface area (Å²) in [6.07, 6.45) is 1.90. The Kier molecular flexibility index (Phi) is 4.34. The quantitative estimate of drug-likeness (QED) is 0.821. The van der Waals surface area contributed by atoms with Gasteiger partial charge in [-0.2, -0.15) is 17.4 Å². The molecule has 100 valence electrons. The van der Waals surface area contributed by atoms with E-state index in [1.807, 2.05) is 24.3 Å². The molecule has 0 bridgehead atoms. The topological polar surface area (TPSA) is 75.4 Å². The summed E-state index contributed by atoms with van der Waals surface area (Å²) >= 11 is 0. The van der Waals surface area contributed by atoms with Crippen LogP contribution in [0.2, 0.25) is 0 Å². The van der Waals surface area contributed by atoms with E-state index < -0.39 is 10.2 Å². The maximum absolute atomic E-state index is 12.0. The second-order valence-electron chi connectivity index (χ2n) is 4.46. The van der Waals surface area contributed by atoms with Gasteiger partial charge in [0.25, 0.3) is 10.2 Å². The molecule has 1 aromatic rings. The van der Waals surface area contributed by atoms with Gasteiger partial charge in [-0.05, 0) is 24.0 Å². The fourth-order valence-corrected chi connectivity index (χ4v) is 3.33. The molecular formula is C12H19N3O2S. The SMILES string of the molecule is NCc1cccc(CNS(=O)(=O)N2CCCC2)c1. The summed E-state index contributed by atoms with van der Waals surface area (Å²) in [5.41, 5.74) is 7.49. The van der Waals surface area contributed by atoms with Crippen molar-refractivity contribution in [1.29, 1.82) is 0 Å². The average molecular weight is 269 g/mol. The number of nitrogens with two attached hydrogens (primary N) is 1. The van der Waals surface area contributed by atoms with Crippen LogP contribution in [0, 0.1) is 0 Å². The van der Waals surface area contributed by atoms with Gasteiger partial charge in [-0.1, -0.05) is 24.3 Å². The fraction of sp³-hybridized carbons (Fsp3) is 0.500. The first-order valence-electron chi connectivity index (χ1n) is 6.14. The maximum atomic E-state index is 12.0. The first-order chi connectivity index (χ1) is 8.62. The van der Waals surface area contributed by atoms with Crippen LogP contribution in [0.25, 0.3) is 0 Å². The normalized spacial score (nSPS) is 17.2. The third kappa shape index (κ3) is 3.29. The summed E-state index contributed by atoms with van der Waals surface area (Å²) < 4.78 is 28.0. The van der Waals surface area contributed by atoms with Crippen molar-refractivity contribution in [3.05, 3.63) is 35.4 Å². The molecule has 18 heavy (non-hydrogen) atoms. The van der Waals surface area contributed by atoms with E-state index in [1.165, 1.54) is 4.31 Å². The maximum Gasteiger partial charge on any atom is 0.279 e. The Labute approximate surface area is 108 Å². The molecule has 1 saturated heterocycles. The largest absolute Gasteiger partial charge is 0.326 e. The number of hydrogen-bond donors (Lipinski definition) is 2. The van der Waals surface area contributed by atoms with E-state index in [9.17, 15) is 8.42 Å². The highest BCUT2D eigenvalue weighted by Crippen LogP contribution is 2.12. The van der Waals surface area contributed by atoms with Crippen LogP contribution < -0.4 is 10.5 Å². The molecule has 0 spiro atoms. The Morgan fingerprint density at radius 1 is 1.22 bits per heavy atom. The predicted octanol–water partition coefficient (Wildman–Crippen LogP) is 0.575. The third-order valence-corrected chi connectivity index (χ3v) is 4.64. The first-order valence-corrected chi connectivity index (χ1v) is 7.58. The molecule has 1 aliphatic rings. The molecule has 0 atom stereocenters. The summed E-state index contributed by atoms with van der Waals surface area (Å²) in [6.45, 7) is 2.02. The molecule has 0 aromatic heterocycles. The fourth-order valence-electron chi connectivity index (χ4n) is 2.06. The van der Waals surface area contributed by atoms with Crippen molar-refractivity contribution in [3.8, 4) is 0 Å². The summed E-state index contributed by atoms with van der Waals surface area (Å²) in [5.74, 6) is 0. The van der Waals surface area contributed by atoms with E-state index in [4.69, 9.17) is 5.73 Å². The van der Waals surface area contributed by atoms with E-state index in [1.54, 1.807) is 0 Å². The molecule has 6 heteroatoms. The van der Waals surface area contributed by atoms with Crippen molar-refractivity contribution < 1.29 is 8.42 Å². The lowest BCUT2D eigenvalue weighted by Crippen LogP contribution is -2.38. The van der Waals surface area contributed by atoms with E-state index >= 15 is 0 Å². The summed E-state index contributed by atoms with van der Waals surface area (Å²) in [4.78, 5) is 0. The smallest absolute Gasteiger partial charge is 0.279 e. The number of rotatable bonds is 5. The zero-order valence-corrected chi connectivity index (χ0v) is 11.1. The lowest BCUT2D eigenvalue weighted by molar-refractivity contribution is 0.464. The van der Waals surface area contributed by atoms with Crippen LogP contribution in [0.15, 0.2) is 24.3 Å². The highest BCUT2D eigenvalue weighted by Gasteiger charge is 2.24. The number of benzene rings is 1. The van der Waals surface area contributed by atoms with Gasteiger partial charge >= 0.3 is 0 Å². The van der Waals surface area contributed by atoms with Crippen LogP contribution in [-0.4, -0.2) is 25.8 Å². The summed E-state index contributed by atoms with van der Waals surface area (Å²) in [6, 6.07) is 7.64. The zero-order chi connectivity index (χ0) is 13.0. The van der Waals surface area contributed by atoms with E-state index in [0.717, 1.165) is 24.0 Å². The van der Waals surface area contributed by atoms with Crippen LogP contribution >= 0.6 is 0 Å². The van der Waals surface area contributed by atoms with Gasteiger partial charge in [0.15, 0.2) is 0 Å². The summed E-state index contributed by atoms with van der Waals surface area (Å²) in [5, 5.41) is 0. The van der Waals surface area contributed by atoms with Crippen molar-refractivity contribution in [3.63, 3.8) is 0 Å². The molecule has 2 rings (SSSR count). The van der Waals surface area contributed by atoms with Gasteiger partial charge in [0.05, 0.1) is 0 Å². The molecule has 0 saturated carbocycles. The van der Waals surface area contributed by atoms with Gasteiger partial charge in [0, 0.05) is 26.2 Å². The number of nitrogens with zero attached hydrogens (tertiary/aromatic N) is 1. The molecule has 1 aliphatic heterocycles. The van der Waals surface area contributed by atoms with E-state index in [-0.39, 0.29) is 0 Å². The molecule has 0 radical (unpaired) electrons. The Morgan fingerprint density at radius 2 is 1.89 bits per heavy atom. The molecule has 5 nitrogen and oxygen atoms in total. The van der Waals surface area contributed by atoms with Crippen LogP contribution in [0.3, 0.4) is 0 Å². The van der Waals surface area contributed by atoms with Crippen LogP contribution in [0.4, 0.5) is 0 Å². The average Bonchev–Trinajstić information content (AvgIpc) is 2.91.